The van der Waals surface area contributed by atoms with E-state index in [1.54, 1.807) is 55.6 Å². The van der Waals surface area contributed by atoms with Crippen LogP contribution in [0.25, 0.3) is 22.9 Å². The molecule has 0 spiro atoms. The monoisotopic (exact) mass is 315 g/mol. The number of hydrogen-bond donors (Lipinski definition) is 0. The first kappa shape index (κ1) is 13.8. The lowest BCUT2D eigenvalue weighted by molar-refractivity contribution is -0.562. The Hall–Kier alpha value is -2.83. The Morgan fingerprint density at radius 3 is 2.52 bits per heavy atom. The zero-order chi connectivity index (χ0) is 16.0. The summed E-state index contributed by atoms with van der Waals surface area (Å²) in [7, 11) is -2.73. The van der Waals surface area contributed by atoms with Gasteiger partial charge >= 0.3 is 12.9 Å². The Morgan fingerprint density at radius 1 is 1.04 bits per heavy atom. The number of para-hydroxylation sites is 2. The molecule has 1 aliphatic rings. The lowest BCUT2D eigenvalue weighted by Gasteiger charge is -2.25. The molecule has 0 radical (unpaired) electrons. The highest BCUT2D eigenvalue weighted by Gasteiger charge is 2.52. The standard InChI is InChI=1S/C16H12BF2NO3/c1-21-12-8-6-11(7-9-12)15-10-16-20(17(18,19)23-15)13-4-2-3-5-14(13)22-16/h2-10H,1H3. The molecule has 3 aromatic rings. The van der Waals surface area contributed by atoms with E-state index in [4.69, 9.17) is 13.8 Å². The quantitative estimate of drug-likeness (QED) is 0.679. The molecule has 0 fully saturated rings. The molecule has 2 heterocycles. The van der Waals surface area contributed by atoms with Crippen molar-refractivity contribution in [3.8, 4) is 5.75 Å². The van der Waals surface area contributed by atoms with Crippen LogP contribution in [0.3, 0.4) is 0 Å². The summed E-state index contributed by atoms with van der Waals surface area (Å²) in [4.78, 5) is 0. The summed E-state index contributed by atoms with van der Waals surface area (Å²) >= 11 is 0. The van der Waals surface area contributed by atoms with E-state index < -0.39 is 7.04 Å². The van der Waals surface area contributed by atoms with Crippen molar-refractivity contribution in [3.05, 3.63) is 60.0 Å². The molecule has 0 aliphatic carbocycles. The second kappa shape index (κ2) is 4.84. The predicted octanol–water partition coefficient (Wildman–Crippen LogP) is 3.48. The van der Waals surface area contributed by atoms with Crippen LogP contribution in [0.5, 0.6) is 5.75 Å². The summed E-state index contributed by atoms with van der Waals surface area (Å²) < 4.78 is 45.4. The van der Waals surface area contributed by atoms with Crippen molar-refractivity contribution in [1.29, 1.82) is 0 Å². The van der Waals surface area contributed by atoms with Gasteiger partial charge in [0.1, 0.15) is 5.75 Å². The van der Waals surface area contributed by atoms with Crippen LogP contribution in [0.2, 0.25) is 0 Å². The van der Waals surface area contributed by atoms with Crippen LogP contribution in [0, 0.1) is 0 Å². The van der Waals surface area contributed by atoms with Crippen molar-refractivity contribution in [1.82, 2.24) is 0 Å². The molecule has 0 saturated heterocycles. The van der Waals surface area contributed by atoms with Crippen molar-refractivity contribution < 1.29 is 26.9 Å². The number of hydrogen-bond acceptors (Lipinski definition) is 3. The number of benzene rings is 2. The highest BCUT2D eigenvalue weighted by Crippen LogP contribution is 2.31. The van der Waals surface area contributed by atoms with E-state index in [1.807, 2.05) is 0 Å². The lowest BCUT2D eigenvalue weighted by Crippen LogP contribution is -2.62. The minimum absolute atomic E-state index is 0.0632. The first-order valence-corrected chi connectivity index (χ1v) is 7.08. The van der Waals surface area contributed by atoms with E-state index >= 15 is 0 Å². The van der Waals surface area contributed by atoms with Gasteiger partial charge in [-0.15, -0.1) is 0 Å². The highest BCUT2D eigenvalue weighted by atomic mass is 19.3. The van der Waals surface area contributed by atoms with E-state index in [2.05, 4.69) is 0 Å². The molecule has 1 aliphatic heterocycles. The fourth-order valence-corrected chi connectivity index (χ4v) is 2.69. The van der Waals surface area contributed by atoms with Gasteiger partial charge in [-0.2, -0.15) is 0 Å². The second-order valence-corrected chi connectivity index (χ2v) is 5.19. The van der Waals surface area contributed by atoms with Gasteiger partial charge in [-0.3, -0.25) is 4.48 Å². The van der Waals surface area contributed by atoms with Crippen LogP contribution >= 0.6 is 0 Å². The van der Waals surface area contributed by atoms with Crippen LogP contribution in [-0.2, 0) is 4.65 Å². The molecule has 2 aromatic carbocycles. The predicted molar refractivity (Wildman–Crippen MR) is 81.7 cm³/mol. The summed E-state index contributed by atoms with van der Waals surface area (Å²) in [5.74, 6) is 0.770. The first-order chi connectivity index (χ1) is 11.1. The van der Waals surface area contributed by atoms with Gasteiger partial charge in [0.05, 0.1) is 18.9 Å². The molecular formula is C16H12BF2NO3. The van der Waals surface area contributed by atoms with Crippen molar-refractivity contribution in [2.24, 2.45) is 0 Å². The third-order valence-corrected chi connectivity index (χ3v) is 3.78. The zero-order valence-corrected chi connectivity index (χ0v) is 12.2. The van der Waals surface area contributed by atoms with Crippen molar-refractivity contribution >= 4 is 30.0 Å². The second-order valence-electron chi connectivity index (χ2n) is 5.19. The van der Waals surface area contributed by atoms with E-state index in [0.29, 0.717) is 22.4 Å². The molecule has 116 valence electrons. The molecule has 23 heavy (non-hydrogen) atoms. The molecular weight excluding hydrogens is 303 g/mol. The fraction of sp³-hybridized carbons (Fsp3) is 0.0625. The molecule has 0 N–H and O–H groups in total. The maximum absolute atomic E-state index is 14.5. The van der Waals surface area contributed by atoms with E-state index in [9.17, 15) is 8.63 Å². The largest absolute Gasteiger partial charge is 0.837 e. The topological polar surface area (TPSA) is 35.5 Å². The van der Waals surface area contributed by atoms with Crippen LogP contribution in [-0.4, -0.2) is 14.1 Å². The van der Waals surface area contributed by atoms with E-state index in [-0.39, 0.29) is 11.6 Å². The normalized spacial score (nSPS) is 15.7. The van der Waals surface area contributed by atoms with Crippen LogP contribution < -0.4 is 9.21 Å². The molecule has 7 heteroatoms. The minimum Gasteiger partial charge on any atom is -0.599 e. The molecule has 4 nitrogen and oxygen atoms in total. The van der Waals surface area contributed by atoms with Gasteiger partial charge in [0.15, 0.2) is 5.58 Å². The number of oxazole rings is 1. The molecule has 0 amide bonds. The smallest absolute Gasteiger partial charge is 0.599 e. The number of rotatable bonds is 2. The van der Waals surface area contributed by atoms with Gasteiger partial charge in [0, 0.05) is 11.6 Å². The Bertz CT molecular complexity index is 919. The van der Waals surface area contributed by atoms with E-state index in [1.165, 1.54) is 6.08 Å². The Balaban J connectivity index is 1.87. The molecule has 4 rings (SSSR count). The third-order valence-electron chi connectivity index (χ3n) is 3.78. The summed E-state index contributed by atoms with van der Waals surface area (Å²) in [5.41, 5.74) is 1.22. The van der Waals surface area contributed by atoms with Gasteiger partial charge in [0.2, 0.25) is 5.52 Å². The highest BCUT2D eigenvalue weighted by molar-refractivity contribution is 6.51. The Morgan fingerprint density at radius 2 is 1.78 bits per heavy atom. The minimum atomic E-state index is -4.27. The number of methoxy groups -OCH3 is 1. The van der Waals surface area contributed by atoms with Gasteiger partial charge in [0.25, 0.3) is 0 Å². The molecule has 0 saturated carbocycles. The Kier molecular flexibility index (Phi) is 2.91. The average molecular weight is 315 g/mol. The van der Waals surface area contributed by atoms with Gasteiger partial charge in [-0.1, -0.05) is 12.1 Å². The van der Waals surface area contributed by atoms with Crippen LogP contribution in [0.15, 0.2) is 52.9 Å². The van der Waals surface area contributed by atoms with Gasteiger partial charge in [-0.25, -0.2) is 0 Å². The number of nitrogens with zero attached hydrogens (tertiary/aromatic N) is 1. The number of halogens is 2. The number of fused-ring (bicyclic) bond motifs is 3. The molecule has 0 bridgehead atoms. The zero-order valence-electron chi connectivity index (χ0n) is 12.2. The summed E-state index contributed by atoms with van der Waals surface area (Å²) in [6.07, 6.45) is 1.47. The maximum Gasteiger partial charge on any atom is 0.837 e. The van der Waals surface area contributed by atoms with Crippen LogP contribution in [0.1, 0.15) is 11.5 Å². The van der Waals surface area contributed by atoms with E-state index in [0.717, 1.165) is 4.48 Å². The summed E-state index contributed by atoms with van der Waals surface area (Å²) in [6, 6.07) is 13.3. The third kappa shape index (κ3) is 2.16. The van der Waals surface area contributed by atoms with Crippen LogP contribution in [0.4, 0.5) is 8.63 Å². The fourth-order valence-electron chi connectivity index (χ4n) is 2.69. The number of ether oxygens (including phenoxy) is 1. The summed E-state index contributed by atoms with van der Waals surface area (Å²) in [5, 5.41) is 0. The van der Waals surface area contributed by atoms with Crippen molar-refractivity contribution in [2.45, 2.75) is 0 Å². The maximum atomic E-state index is 14.5. The molecule has 0 atom stereocenters. The lowest BCUT2D eigenvalue weighted by atomic mass is 10.00. The van der Waals surface area contributed by atoms with Crippen molar-refractivity contribution in [3.63, 3.8) is 0 Å². The summed E-state index contributed by atoms with van der Waals surface area (Å²) in [6.45, 7) is 0. The van der Waals surface area contributed by atoms with Gasteiger partial charge in [-0.05, 0) is 30.3 Å². The average Bonchev–Trinajstić information content (AvgIpc) is 2.93. The van der Waals surface area contributed by atoms with Gasteiger partial charge < -0.3 is 22.4 Å². The van der Waals surface area contributed by atoms with Crippen molar-refractivity contribution in [2.75, 3.05) is 7.11 Å². The molecule has 1 aromatic heterocycles. The Labute approximate surface area is 130 Å². The molecule has 0 unspecified atom stereocenters. The first-order valence-electron chi connectivity index (χ1n) is 7.08. The number of aromatic nitrogens is 1. The SMILES string of the molecule is COc1ccc(C2=Cc3oc4ccccc4[n+]3[B-](F)(F)O2)cc1.